The quantitative estimate of drug-likeness (QED) is 0.259. The molecule has 4 heteroatoms. The zero-order valence-electron chi connectivity index (χ0n) is 7.58. The second-order valence-electron chi connectivity index (χ2n) is 2.89. The minimum absolute atomic E-state index is 0.0363. The van der Waals surface area contributed by atoms with Gasteiger partial charge in [-0.1, -0.05) is 6.08 Å². The van der Waals surface area contributed by atoms with Gasteiger partial charge < -0.3 is 14.2 Å². The van der Waals surface area contributed by atoms with Crippen LogP contribution in [0.25, 0.3) is 0 Å². The Bertz CT molecular complexity index is 148. The second kappa shape index (κ2) is 6.38. The lowest BCUT2D eigenvalue weighted by Gasteiger charge is -2.13. The van der Waals surface area contributed by atoms with Crippen LogP contribution in [0.2, 0.25) is 0 Å². The molecule has 13 heavy (non-hydrogen) atoms. The average Bonchev–Trinajstić information content (AvgIpc) is 2.94. The molecule has 1 rings (SSSR count). The van der Waals surface area contributed by atoms with Gasteiger partial charge in [-0.2, -0.15) is 0 Å². The van der Waals surface area contributed by atoms with Crippen LogP contribution in [0.3, 0.4) is 0 Å². The van der Waals surface area contributed by atoms with Gasteiger partial charge in [0.1, 0.15) is 6.10 Å². The smallest absolute Gasteiger partial charge is 0.104 e. The van der Waals surface area contributed by atoms with Crippen molar-refractivity contribution >= 4 is 11.6 Å². The number of halogens is 1. The van der Waals surface area contributed by atoms with E-state index in [0.717, 1.165) is 6.61 Å². The highest BCUT2D eigenvalue weighted by Crippen LogP contribution is 2.10. The number of alkyl halides is 1. The second-order valence-corrected chi connectivity index (χ2v) is 3.20. The minimum Gasteiger partial charge on any atom is -0.375 e. The fourth-order valence-corrected chi connectivity index (χ4v) is 1.01. The summed E-state index contributed by atoms with van der Waals surface area (Å²) in [6, 6.07) is 0. The average molecular weight is 207 g/mol. The molecule has 0 aromatic carbocycles. The van der Waals surface area contributed by atoms with E-state index in [1.165, 1.54) is 0 Å². The highest BCUT2D eigenvalue weighted by atomic mass is 35.5. The maximum absolute atomic E-state index is 5.68. The molecular weight excluding hydrogens is 192 g/mol. The van der Waals surface area contributed by atoms with E-state index < -0.39 is 0 Å². The van der Waals surface area contributed by atoms with Crippen LogP contribution in [0, 0.1) is 0 Å². The van der Waals surface area contributed by atoms with Crippen LogP contribution in [-0.4, -0.2) is 44.5 Å². The zero-order chi connectivity index (χ0) is 9.52. The standard InChI is InChI=1S/C9H15ClO3/c1-2-3-11-5-8(4-10)12-6-9-7-13-9/h2,8-9H,1,3-7H2/t8-,9+/m1/s1. The zero-order valence-corrected chi connectivity index (χ0v) is 8.33. The van der Waals surface area contributed by atoms with E-state index in [2.05, 4.69) is 6.58 Å². The molecule has 0 bridgehead atoms. The fraction of sp³-hybridized carbons (Fsp3) is 0.778. The third-order valence-corrected chi connectivity index (χ3v) is 1.98. The molecule has 0 radical (unpaired) electrons. The van der Waals surface area contributed by atoms with Crippen LogP contribution in [0.5, 0.6) is 0 Å². The lowest BCUT2D eigenvalue weighted by molar-refractivity contribution is -0.00307. The molecule has 1 aliphatic rings. The molecule has 1 fully saturated rings. The van der Waals surface area contributed by atoms with Gasteiger partial charge in [0, 0.05) is 0 Å². The Kier molecular flexibility index (Phi) is 5.39. The lowest BCUT2D eigenvalue weighted by Crippen LogP contribution is -2.23. The molecule has 1 saturated heterocycles. The predicted molar refractivity (Wildman–Crippen MR) is 51.2 cm³/mol. The third-order valence-electron chi connectivity index (χ3n) is 1.63. The summed E-state index contributed by atoms with van der Waals surface area (Å²) < 4.78 is 15.7. The number of rotatable bonds is 8. The van der Waals surface area contributed by atoms with E-state index in [1.807, 2.05) is 0 Å². The van der Waals surface area contributed by atoms with Gasteiger partial charge >= 0.3 is 0 Å². The summed E-state index contributed by atoms with van der Waals surface area (Å²) in [5.41, 5.74) is 0. The van der Waals surface area contributed by atoms with Crippen LogP contribution >= 0.6 is 11.6 Å². The van der Waals surface area contributed by atoms with Crippen LogP contribution < -0.4 is 0 Å². The molecule has 2 atom stereocenters. The first kappa shape index (κ1) is 11.0. The van der Waals surface area contributed by atoms with Crippen LogP contribution in [0.1, 0.15) is 0 Å². The minimum atomic E-state index is -0.0363. The van der Waals surface area contributed by atoms with E-state index in [9.17, 15) is 0 Å². The van der Waals surface area contributed by atoms with E-state index in [1.54, 1.807) is 6.08 Å². The third kappa shape index (κ3) is 5.26. The predicted octanol–water partition coefficient (Wildman–Crippen LogP) is 1.21. The van der Waals surface area contributed by atoms with E-state index >= 15 is 0 Å². The van der Waals surface area contributed by atoms with Crippen molar-refractivity contribution in [2.45, 2.75) is 12.2 Å². The first-order chi connectivity index (χ1) is 6.36. The number of hydrogen-bond acceptors (Lipinski definition) is 3. The highest BCUT2D eigenvalue weighted by molar-refractivity contribution is 6.18. The van der Waals surface area contributed by atoms with Crippen molar-refractivity contribution < 1.29 is 14.2 Å². The highest BCUT2D eigenvalue weighted by Gasteiger charge is 2.24. The summed E-state index contributed by atoms with van der Waals surface area (Å²) in [7, 11) is 0. The molecule has 76 valence electrons. The van der Waals surface area contributed by atoms with Gasteiger partial charge in [-0.3, -0.25) is 0 Å². The first-order valence-electron chi connectivity index (χ1n) is 4.34. The van der Waals surface area contributed by atoms with Gasteiger partial charge in [0.05, 0.1) is 38.4 Å². The van der Waals surface area contributed by atoms with Crippen molar-refractivity contribution in [3.05, 3.63) is 12.7 Å². The van der Waals surface area contributed by atoms with Crippen molar-refractivity contribution in [3.8, 4) is 0 Å². The Labute approximate surface area is 83.6 Å². The van der Waals surface area contributed by atoms with Gasteiger partial charge in [0.15, 0.2) is 0 Å². The van der Waals surface area contributed by atoms with Gasteiger partial charge in [0.25, 0.3) is 0 Å². The summed E-state index contributed by atoms with van der Waals surface area (Å²) in [6.45, 7) is 6.03. The summed E-state index contributed by atoms with van der Waals surface area (Å²) in [5.74, 6) is 0.448. The van der Waals surface area contributed by atoms with Crippen molar-refractivity contribution in [2.24, 2.45) is 0 Å². The molecule has 1 aliphatic heterocycles. The van der Waals surface area contributed by atoms with Crippen LogP contribution in [-0.2, 0) is 14.2 Å². The summed E-state index contributed by atoms with van der Waals surface area (Å²) in [4.78, 5) is 0. The van der Waals surface area contributed by atoms with Gasteiger partial charge in [-0.15, -0.1) is 18.2 Å². The van der Waals surface area contributed by atoms with E-state index in [0.29, 0.717) is 25.7 Å². The SMILES string of the molecule is C=CCOC[C@@H](CCl)OC[C@H]1CO1. The monoisotopic (exact) mass is 206 g/mol. The molecule has 0 aromatic rings. The lowest BCUT2D eigenvalue weighted by atomic mass is 10.4. The number of ether oxygens (including phenoxy) is 3. The van der Waals surface area contributed by atoms with E-state index in [-0.39, 0.29) is 12.2 Å². The molecule has 1 heterocycles. The largest absolute Gasteiger partial charge is 0.375 e. The molecule has 0 N–H and O–H groups in total. The molecule has 0 aromatic heterocycles. The van der Waals surface area contributed by atoms with Crippen molar-refractivity contribution in [1.29, 1.82) is 0 Å². The van der Waals surface area contributed by atoms with Crippen molar-refractivity contribution in [3.63, 3.8) is 0 Å². The van der Waals surface area contributed by atoms with Crippen LogP contribution in [0.4, 0.5) is 0 Å². The van der Waals surface area contributed by atoms with Crippen molar-refractivity contribution in [1.82, 2.24) is 0 Å². The van der Waals surface area contributed by atoms with Gasteiger partial charge in [-0.25, -0.2) is 0 Å². The Balaban J connectivity index is 1.98. The molecule has 0 amide bonds. The topological polar surface area (TPSA) is 31.0 Å². The van der Waals surface area contributed by atoms with E-state index in [4.69, 9.17) is 25.8 Å². The maximum Gasteiger partial charge on any atom is 0.104 e. The maximum atomic E-state index is 5.68. The number of epoxide rings is 1. The summed E-state index contributed by atoms with van der Waals surface area (Å²) >= 11 is 5.68. The Morgan fingerprint density at radius 2 is 2.46 bits per heavy atom. The molecule has 0 spiro atoms. The summed E-state index contributed by atoms with van der Waals surface area (Å²) in [5, 5.41) is 0. The number of hydrogen-bond donors (Lipinski definition) is 0. The Hall–Kier alpha value is -0.0900. The normalized spacial score (nSPS) is 22.7. The molecule has 0 aliphatic carbocycles. The van der Waals surface area contributed by atoms with Crippen molar-refractivity contribution in [2.75, 3.05) is 32.3 Å². The fourth-order valence-electron chi connectivity index (χ4n) is 0.828. The molecular formula is C9H15ClO3. The Morgan fingerprint density at radius 3 is 3.00 bits per heavy atom. The molecule has 3 nitrogen and oxygen atoms in total. The van der Waals surface area contributed by atoms with Gasteiger partial charge in [-0.05, 0) is 0 Å². The van der Waals surface area contributed by atoms with Crippen LogP contribution in [0.15, 0.2) is 12.7 Å². The summed E-state index contributed by atoms with van der Waals surface area (Å²) in [6.07, 6.45) is 1.95. The van der Waals surface area contributed by atoms with Gasteiger partial charge in [0.2, 0.25) is 0 Å². The molecule has 0 unspecified atom stereocenters. The Morgan fingerprint density at radius 1 is 1.69 bits per heavy atom. The molecule has 0 saturated carbocycles. The first-order valence-corrected chi connectivity index (χ1v) is 4.88.